The normalized spacial score (nSPS) is 15.4. The zero-order valence-corrected chi connectivity index (χ0v) is 18.7. The summed E-state index contributed by atoms with van der Waals surface area (Å²) >= 11 is 0. The van der Waals surface area contributed by atoms with E-state index in [9.17, 15) is 18.0 Å². The van der Waals surface area contributed by atoms with Crippen molar-refractivity contribution in [3.8, 4) is 11.5 Å². The maximum atomic E-state index is 14.8. The largest absolute Gasteiger partial charge is 0.454 e. The lowest BCUT2D eigenvalue weighted by Crippen LogP contribution is -2.41. The Labute approximate surface area is 200 Å². The maximum Gasteiger partial charge on any atom is 0.245 e. The highest BCUT2D eigenvalue weighted by atomic mass is 19.1. The standard InChI is InChI=1S/C26H23F3N4O2/c1-2-24(34)33-11-3-4-16(15-33)26(30)25-21(29)13-31-14-22(25)32-18-6-8-19(9-7-18)35-23-12-17(27)5-10-20(23)28/h2,5-10,12-14,16,30,32H,1,3-4,11,15H2/t16-/m1/s1. The molecule has 0 radical (unpaired) electrons. The van der Waals surface area contributed by atoms with E-state index >= 15 is 0 Å². The average Bonchev–Trinajstić information content (AvgIpc) is 2.87. The number of rotatable bonds is 7. The molecule has 1 atom stereocenters. The van der Waals surface area contributed by atoms with Crippen LogP contribution < -0.4 is 10.1 Å². The number of carbonyl (C=O) groups excluding carboxylic acids is 1. The number of aromatic nitrogens is 1. The number of hydrogen-bond donors (Lipinski definition) is 2. The van der Waals surface area contributed by atoms with Gasteiger partial charge in [-0.05, 0) is 55.3 Å². The molecule has 35 heavy (non-hydrogen) atoms. The molecule has 0 bridgehead atoms. The molecule has 0 aliphatic carbocycles. The molecular formula is C26H23F3N4O2. The molecule has 1 amide bonds. The number of benzene rings is 2. The summed E-state index contributed by atoms with van der Waals surface area (Å²) in [4.78, 5) is 17.5. The highest BCUT2D eigenvalue weighted by Crippen LogP contribution is 2.30. The smallest absolute Gasteiger partial charge is 0.245 e. The summed E-state index contributed by atoms with van der Waals surface area (Å²) in [6.45, 7) is 4.40. The van der Waals surface area contributed by atoms with Crippen molar-refractivity contribution in [3.63, 3.8) is 0 Å². The van der Waals surface area contributed by atoms with E-state index < -0.39 is 17.5 Å². The first kappa shape index (κ1) is 24.0. The third-order valence-electron chi connectivity index (χ3n) is 5.74. The minimum absolute atomic E-state index is 0.0792. The molecule has 1 saturated heterocycles. The Kier molecular flexibility index (Phi) is 7.14. The lowest BCUT2D eigenvalue weighted by molar-refractivity contribution is -0.127. The van der Waals surface area contributed by atoms with Crippen molar-refractivity contribution in [2.45, 2.75) is 12.8 Å². The van der Waals surface area contributed by atoms with Crippen LogP contribution in [0, 0.1) is 28.8 Å². The Balaban J connectivity index is 1.52. The van der Waals surface area contributed by atoms with Gasteiger partial charge in [-0.1, -0.05) is 6.58 Å². The molecule has 1 aliphatic heterocycles. The van der Waals surface area contributed by atoms with Gasteiger partial charge in [-0.15, -0.1) is 0 Å². The molecule has 0 spiro atoms. The Bertz CT molecular complexity index is 1260. The van der Waals surface area contributed by atoms with E-state index in [-0.39, 0.29) is 34.6 Å². The van der Waals surface area contributed by atoms with Gasteiger partial charge in [0.25, 0.3) is 0 Å². The number of piperidine rings is 1. The van der Waals surface area contributed by atoms with Crippen molar-refractivity contribution < 1.29 is 22.7 Å². The zero-order valence-electron chi connectivity index (χ0n) is 18.7. The van der Waals surface area contributed by atoms with Crippen molar-refractivity contribution in [1.29, 1.82) is 5.41 Å². The van der Waals surface area contributed by atoms with Crippen LogP contribution in [-0.4, -0.2) is 34.6 Å². The van der Waals surface area contributed by atoms with E-state index in [1.807, 2.05) is 0 Å². The molecular weight excluding hydrogens is 457 g/mol. The van der Waals surface area contributed by atoms with E-state index in [4.69, 9.17) is 10.1 Å². The lowest BCUT2D eigenvalue weighted by atomic mass is 9.88. The average molecular weight is 480 g/mol. The number of hydrogen-bond acceptors (Lipinski definition) is 5. The molecule has 3 aromatic rings. The number of anilines is 2. The van der Waals surface area contributed by atoms with Crippen LogP contribution >= 0.6 is 0 Å². The van der Waals surface area contributed by atoms with Crippen LogP contribution in [0.4, 0.5) is 24.5 Å². The Morgan fingerprint density at radius 3 is 2.66 bits per heavy atom. The Morgan fingerprint density at radius 1 is 1.14 bits per heavy atom. The van der Waals surface area contributed by atoms with Gasteiger partial charge in [-0.25, -0.2) is 13.2 Å². The quantitative estimate of drug-likeness (QED) is 0.330. The molecule has 180 valence electrons. The van der Waals surface area contributed by atoms with E-state index in [0.29, 0.717) is 37.3 Å². The van der Waals surface area contributed by atoms with Crippen LogP contribution in [0.5, 0.6) is 11.5 Å². The highest BCUT2D eigenvalue weighted by molar-refractivity contribution is 6.05. The molecule has 1 aromatic heterocycles. The topological polar surface area (TPSA) is 78.3 Å². The molecule has 2 heterocycles. The minimum Gasteiger partial charge on any atom is -0.454 e. The summed E-state index contributed by atoms with van der Waals surface area (Å²) in [6.07, 6.45) is 5.07. The van der Waals surface area contributed by atoms with E-state index in [1.54, 1.807) is 29.2 Å². The first-order valence-corrected chi connectivity index (χ1v) is 11.0. The number of carbonyl (C=O) groups is 1. The van der Waals surface area contributed by atoms with Crippen LogP contribution in [-0.2, 0) is 4.79 Å². The first-order chi connectivity index (χ1) is 16.9. The van der Waals surface area contributed by atoms with Gasteiger partial charge in [0.2, 0.25) is 5.91 Å². The molecule has 9 heteroatoms. The minimum atomic E-state index is -0.696. The van der Waals surface area contributed by atoms with Gasteiger partial charge < -0.3 is 20.4 Å². The van der Waals surface area contributed by atoms with Gasteiger partial charge in [-0.3, -0.25) is 9.78 Å². The predicted molar refractivity (Wildman–Crippen MR) is 127 cm³/mol. The summed E-state index contributed by atoms with van der Waals surface area (Å²) in [5.41, 5.74) is 1.01. The first-order valence-electron chi connectivity index (χ1n) is 11.0. The summed E-state index contributed by atoms with van der Waals surface area (Å²) in [7, 11) is 0. The Hall–Kier alpha value is -4.14. The summed E-state index contributed by atoms with van der Waals surface area (Å²) in [5.74, 6) is -2.47. The maximum absolute atomic E-state index is 14.8. The number of nitrogens with one attached hydrogen (secondary N) is 2. The number of halogens is 3. The second-order valence-corrected chi connectivity index (χ2v) is 8.11. The molecule has 6 nitrogen and oxygen atoms in total. The van der Waals surface area contributed by atoms with Gasteiger partial charge in [0, 0.05) is 36.5 Å². The summed E-state index contributed by atoms with van der Waals surface area (Å²) in [6, 6.07) is 9.26. The number of ether oxygens (including phenoxy) is 1. The number of amides is 1. The van der Waals surface area contributed by atoms with E-state index in [1.165, 1.54) is 12.3 Å². The molecule has 1 fully saturated rings. The summed E-state index contributed by atoms with van der Waals surface area (Å²) < 4.78 is 47.4. The number of nitrogens with zero attached hydrogens (tertiary/aromatic N) is 2. The van der Waals surface area contributed by atoms with Gasteiger partial charge in [0.1, 0.15) is 11.6 Å². The fourth-order valence-corrected chi connectivity index (χ4v) is 3.99. The van der Waals surface area contributed by atoms with E-state index in [2.05, 4.69) is 16.9 Å². The predicted octanol–water partition coefficient (Wildman–Crippen LogP) is 5.83. The molecule has 0 unspecified atom stereocenters. The number of pyridine rings is 1. The second-order valence-electron chi connectivity index (χ2n) is 8.11. The van der Waals surface area contributed by atoms with E-state index in [0.717, 1.165) is 24.4 Å². The van der Waals surface area contributed by atoms with Gasteiger partial charge >= 0.3 is 0 Å². The molecule has 1 aliphatic rings. The molecule has 0 saturated carbocycles. The zero-order chi connectivity index (χ0) is 24.9. The molecule has 2 aromatic carbocycles. The molecule has 4 rings (SSSR count). The van der Waals surface area contributed by atoms with Crippen LogP contribution in [0.25, 0.3) is 0 Å². The number of likely N-dealkylation sites (tertiary alicyclic amines) is 1. The van der Waals surface area contributed by atoms with Crippen molar-refractivity contribution in [2.75, 3.05) is 18.4 Å². The third-order valence-corrected chi connectivity index (χ3v) is 5.74. The fraction of sp³-hybridized carbons (Fsp3) is 0.192. The van der Waals surface area contributed by atoms with Gasteiger partial charge in [-0.2, -0.15) is 0 Å². The highest BCUT2D eigenvalue weighted by Gasteiger charge is 2.28. The lowest BCUT2D eigenvalue weighted by Gasteiger charge is -2.33. The third kappa shape index (κ3) is 5.51. The van der Waals surface area contributed by atoms with Crippen LogP contribution in [0.1, 0.15) is 18.4 Å². The van der Waals surface area contributed by atoms with Crippen molar-refractivity contribution in [3.05, 3.63) is 90.5 Å². The van der Waals surface area contributed by atoms with Crippen LogP contribution in [0.2, 0.25) is 0 Å². The van der Waals surface area contributed by atoms with Crippen LogP contribution in [0.3, 0.4) is 0 Å². The van der Waals surface area contributed by atoms with Gasteiger partial charge in [0.05, 0.1) is 23.6 Å². The van der Waals surface area contributed by atoms with Crippen LogP contribution in [0.15, 0.2) is 67.5 Å². The van der Waals surface area contributed by atoms with Crippen molar-refractivity contribution in [2.24, 2.45) is 5.92 Å². The monoisotopic (exact) mass is 480 g/mol. The van der Waals surface area contributed by atoms with Crippen molar-refractivity contribution >= 4 is 23.0 Å². The molecule has 2 N–H and O–H groups in total. The van der Waals surface area contributed by atoms with Crippen molar-refractivity contribution in [1.82, 2.24) is 9.88 Å². The van der Waals surface area contributed by atoms with Gasteiger partial charge in [0.15, 0.2) is 17.4 Å². The second kappa shape index (κ2) is 10.4. The summed E-state index contributed by atoms with van der Waals surface area (Å²) in [5, 5.41) is 11.8. The fourth-order valence-electron chi connectivity index (χ4n) is 3.99. The Morgan fingerprint density at radius 2 is 1.91 bits per heavy atom. The SMILES string of the molecule is C=CC(=O)N1CCC[C@@H](C(=N)c2c(F)cncc2Nc2ccc(Oc3cc(F)ccc3F)cc2)C1.